The molecular formula is C16H18ClN3O3. The van der Waals surface area contributed by atoms with Gasteiger partial charge in [-0.05, 0) is 25.0 Å². The molecule has 1 atom stereocenters. The van der Waals surface area contributed by atoms with Crippen LogP contribution in [0.2, 0.25) is 5.02 Å². The Kier molecular flexibility index (Phi) is 5.39. The number of halogens is 1. The highest BCUT2D eigenvalue weighted by Gasteiger charge is 2.26. The van der Waals surface area contributed by atoms with Gasteiger partial charge in [0.2, 0.25) is 5.91 Å². The largest absolute Gasteiger partial charge is 0.360 e. The van der Waals surface area contributed by atoms with Gasteiger partial charge in [0.05, 0.1) is 10.6 Å². The van der Waals surface area contributed by atoms with Crippen LogP contribution in [0, 0.1) is 12.8 Å². The molecule has 23 heavy (non-hydrogen) atoms. The molecule has 1 aromatic carbocycles. The Hall–Kier alpha value is -2.34. The lowest BCUT2D eigenvalue weighted by molar-refractivity contribution is -0.118. The number of anilines is 1. The van der Waals surface area contributed by atoms with Crippen molar-refractivity contribution < 1.29 is 14.1 Å². The first kappa shape index (κ1) is 17.0. The zero-order chi connectivity index (χ0) is 17.0. The Morgan fingerprint density at radius 2 is 1.96 bits per heavy atom. The standard InChI is InChI=1S/C16H18ClN3O3/c1-9(2)14(16(22)18-13-8-10(3)23-20-13)19-15(21)11-6-4-5-7-12(11)17/h4-9,14H,1-3H3,(H,19,21)(H,18,20,22)/t14-/m0/s1. The van der Waals surface area contributed by atoms with Crippen LogP contribution >= 0.6 is 11.6 Å². The summed E-state index contributed by atoms with van der Waals surface area (Å²) in [5.74, 6) is 0.00978. The van der Waals surface area contributed by atoms with Crippen LogP contribution in [0.5, 0.6) is 0 Å². The van der Waals surface area contributed by atoms with Gasteiger partial charge in [-0.2, -0.15) is 0 Å². The molecule has 0 aliphatic heterocycles. The van der Waals surface area contributed by atoms with E-state index in [2.05, 4.69) is 15.8 Å². The zero-order valence-electron chi connectivity index (χ0n) is 13.1. The van der Waals surface area contributed by atoms with Crippen molar-refractivity contribution in [1.82, 2.24) is 10.5 Å². The van der Waals surface area contributed by atoms with Gasteiger partial charge in [-0.1, -0.05) is 42.7 Å². The topological polar surface area (TPSA) is 84.2 Å². The van der Waals surface area contributed by atoms with Crippen LogP contribution in [0.4, 0.5) is 5.82 Å². The molecule has 0 saturated heterocycles. The van der Waals surface area contributed by atoms with Gasteiger partial charge in [0, 0.05) is 6.07 Å². The molecule has 0 unspecified atom stereocenters. The molecule has 0 fully saturated rings. The average molecular weight is 336 g/mol. The van der Waals surface area contributed by atoms with Gasteiger partial charge < -0.3 is 15.2 Å². The van der Waals surface area contributed by atoms with Crippen LogP contribution in [-0.2, 0) is 4.79 Å². The monoisotopic (exact) mass is 335 g/mol. The smallest absolute Gasteiger partial charge is 0.253 e. The maximum Gasteiger partial charge on any atom is 0.253 e. The number of nitrogens with zero attached hydrogens (tertiary/aromatic N) is 1. The fourth-order valence-corrected chi connectivity index (χ4v) is 2.25. The number of rotatable bonds is 5. The number of aromatic nitrogens is 1. The quantitative estimate of drug-likeness (QED) is 0.879. The van der Waals surface area contributed by atoms with Crippen LogP contribution < -0.4 is 10.6 Å². The van der Waals surface area contributed by atoms with Crippen molar-refractivity contribution in [3.8, 4) is 0 Å². The van der Waals surface area contributed by atoms with Gasteiger partial charge in [-0.3, -0.25) is 9.59 Å². The molecule has 7 heteroatoms. The van der Waals surface area contributed by atoms with E-state index in [-0.39, 0.29) is 11.8 Å². The second kappa shape index (κ2) is 7.28. The third-order valence-electron chi connectivity index (χ3n) is 3.23. The van der Waals surface area contributed by atoms with E-state index in [1.807, 2.05) is 13.8 Å². The lowest BCUT2D eigenvalue weighted by Gasteiger charge is -2.21. The summed E-state index contributed by atoms with van der Waals surface area (Å²) in [7, 11) is 0. The first-order valence-electron chi connectivity index (χ1n) is 7.18. The first-order valence-corrected chi connectivity index (χ1v) is 7.56. The van der Waals surface area contributed by atoms with E-state index in [0.717, 1.165) is 0 Å². The molecule has 0 spiro atoms. The molecule has 0 aliphatic rings. The van der Waals surface area contributed by atoms with E-state index >= 15 is 0 Å². The molecule has 2 rings (SSSR count). The van der Waals surface area contributed by atoms with Crippen molar-refractivity contribution in [2.45, 2.75) is 26.8 Å². The van der Waals surface area contributed by atoms with Gasteiger partial charge in [-0.15, -0.1) is 0 Å². The molecule has 0 bridgehead atoms. The van der Waals surface area contributed by atoms with Crippen LogP contribution in [0.25, 0.3) is 0 Å². The third-order valence-corrected chi connectivity index (χ3v) is 3.56. The summed E-state index contributed by atoms with van der Waals surface area (Å²) in [6.07, 6.45) is 0. The number of nitrogens with one attached hydrogen (secondary N) is 2. The van der Waals surface area contributed by atoms with Gasteiger partial charge in [0.1, 0.15) is 11.8 Å². The van der Waals surface area contributed by atoms with Crippen LogP contribution in [0.3, 0.4) is 0 Å². The summed E-state index contributed by atoms with van der Waals surface area (Å²) >= 11 is 6.01. The predicted octanol–water partition coefficient (Wildman–Crippen LogP) is 3.03. The van der Waals surface area contributed by atoms with Crippen LogP contribution in [-0.4, -0.2) is 23.0 Å². The molecule has 122 valence electrons. The van der Waals surface area contributed by atoms with E-state index in [4.69, 9.17) is 16.1 Å². The summed E-state index contributed by atoms with van der Waals surface area (Å²) in [6.45, 7) is 5.40. The average Bonchev–Trinajstić information content (AvgIpc) is 2.89. The molecule has 0 radical (unpaired) electrons. The Bertz CT molecular complexity index is 712. The summed E-state index contributed by atoms with van der Waals surface area (Å²) in [6, 6.07) is 7.55. The molecule has 2 N–H and O–H groups in total. The Labute approximate surface area is 139 Å². The number of aryl methyl sites for hydroxylation is 1. The van der Waals surface area contributed by atoms with Crippen molar-refractivity contribution in [3.63, 3.8) is 0 Å². The minimum absolute atomic E-state index is 0.116. The van der Waals surface area contributed by atoms with Gasteiger partial charge in [0.15, 0.2) is 5.82 Å². The van der Waals surface area contributed by atoms with Crippen LogP contribution in [0.1, 0.15) is 30.0 Å². The maximum atomic E-state index is 12.4. The van der Waals surface area contributed by atoms with Crippen molar-refractivity contribution in [3.05, 3.63) is 46.7 Å². The van der Waals surface area contributed by atoms with Gasteiger partial charge in [0.25, 0.3) is 5.91 Å². The lowest BCUT2D eigenvalue weighted by atomic mass is 10.0. The van der Waals surface area contributed by atoms with E-state index in [0.29, 0.717) is 22.2 Å². The molecule has 0 aliphatic carbocycles. The lowest BCUT2D eigenvalue weighted by Crippen LogP contribution is -2.47. The Balaban J connectivity index is 2.10. The van der Waals surface area contributed by atoms with Crippen molar-refractivity contribution >= 4 is 29.2 Å². The molecule has 0 saturated carbocycles. The van der Waals surface area contributed by atoms with Crippen molar-refractivity contribution in [1.29, 1.82) is 0 Å². The van der Waals surface area contributed by atoms with E-state index in [1.54, 1.807) is 37.3 Å². The first-order chi connectivity index (χ1) is 10.9. The summed E-state index contributed by atoms with van der Waals surface area (Å²) in [5, 5.41) is 9.37. The molecular weight excluding hydrogens is 318 g/mol. The highest BCUT2D eigenvalue weighted by molar-refractivity contribution is 6.33. The minimum atomic E-state index is -0.726. The number of carbonyl (C=O) groups is 2. The molecule has 2 amide bonds. The highest BCUT2D eigenvalue weighted by Crippen LogP contribution is 2.16. The highest BCUT2D eigenvalue weighted by atomic mass is 35.5. The van der Waals surface area contributed by atoms with Crippen molar-refractivity contribution in [2.75, 3.05) is 5.32 Å². The zero-order valence-corrected chi connectivity index (χ0v) is 13.8. The summed E-state index contributed by atoms with van der Waals surface area (Å²) < 4.78 is 4.90. The SMILES string of the molecule is Cc1cc(NC(=O)[C@@H](NC(=O)c2ccccc2Cl)C(C)C)no1. The van der Waals surface area contributed by atoms with Gasteiger partial charge >= 0.3 is 0 Å². The summed E-state index contributed by atoms with van der Waals surface area (Å²) in [5.41, 5.74) is 0.324. The van der Waals surface area contributed by atoms with Gasteiger partial charge in [-0.25, -0.2) is 0 Å². The Morgan fingerprint density at radius 3 is 2.52 bits per heavy atom. The number of benzene rings is 1. The maximum absolute atomic E-state index is 12.4. The van der Waals surface area contributed by atoms with Crippen LogP contribution in [0.15, 0.2) is 34.9 Å². The van der Waals surface area contributed by atoms with E-state index in [9.17, 15) is 9.59 Å². The van der Waals surface area contributed by atoms with Crippen molar-refractivity contribution in [2.24, 2.45) is 5.92 Å². The Morgan fingerprint density at radius 1 is 1.26 bits per heavy atom. The third kappa shape index (κ3) is 4.32. The molecule has 2 aromatic rings. The molecule has 1 heterocycles. The second-order valence-electron chi connectivity index (χ2n) is 5.49. The second-order valence-corrected chi connectivity index (χ2v) is 5.89. The molecule has 6 nitrogen and oxygen atoms in total. The minimum Gasteiger partial charge on any atom is -0.360 e. The summed E-state index contributed by atoms with van der Waals surface area (Å²) in [4.78, 5) is 24.7. The number of carbonyl (C=O) groups excluding carboxylic acids is 2. The normalized spacial score (nSPS) is 12.0. The fraction of sp³-hybridized carbons (Fsp3) is 0.312. The number of hydrogen-bond acceptors (Lipinski definition) is 4. The molecule has 1 aromatic heterocycles. The number of hydrogen-bond donors (Lipinski definition) is 2. The fourth-order valence-electron chi connectivity index (χ4n) is 2.03. The van der Waals surface area contributed by atoms with E-state index < -0.39 is 11.9 Å². The van der Waals surface area contributed by atoms with E-state index in [1.165, 1.54) is 0 Å². The predicted molar refractivity (Wildman–Crippen MR) is 87.4 cm³/mol. The number of amides is 2.